The van der Waals surface area contributed by atoms with Crippen LogP contribution in [0.15, 0.2) is 47.3 Å². The molecule has 3 aromatic rings. The van der Waals surface area contributed by atoms with Crippen molar-refractivity contribution in [3.05, 3.63) is 64.9 Å². The lowest BCUT2D eigenvalue weighted by atomic mass is 9.45. The third-order valence-electron chi connectivity index (χ3n) is 11.3. The van der Waals surface area contributed by atoms with Gasteiger partial charge in [0, 0.05) is 5.41 Å². The van der Waals surface area contributed by atoms with Gasteiger partial charge in [0.15, 0.2) is 5.78 Å². The Kier molecular flexibility index (Phi) is 6.61. The number of aromatic nitrogens is 4. The number of aliphatic hydroxyl groups excluding tert-OH is 1. The number of para-hydroxylation sites is 2. The summed E-state index contributed by atoms with van der Waals surface area (Å²) in [6.45, 7) is 12.5. The van der Waals surface area contributed by atoms with Gasteiger partial charge in [-0.05, 0) is 85.5 Å². The molecule has 3 saturated carbocycles. The summed E-state index contributed by atoms with van der Waals surface area (Å²) in [5.74, 6) is 0.428. The zero-order valence-electron chi connectivity index (χ0n) is 24.2. The van der Waals surface area contributed by atoms with Crippen molar-refractivity contribution >= 4 is 34.7 Å². The molecule has 7 atom stereocenters. The van der Waals surface area contributed by atoms with Gasteiger partial charge in [-0.3, -0.25) is 14.5 Å². The van der Waals surface area contributed by atoms with E-state index in [0.717, 1.165) is 42.4 Å². The molecule has 4 aliphatic rings. The van der Waals surface area contributed by atoms with Crippen LogP contribution in [0.4, 0.5) is 0 Å². The Labute approximate surface area is 250 Å². The molecule has 0 radical (unpaired) electrons. The Hall–Kier alpha value is -3.06. The SMILES string of the molecule is [C-]#[N+]CCn1ncc2c1C=C1CCC3C([C@@H](O)CC4(C)C3CC[C@]4(O)C(=O)CSc3cnc4ccccc4n3)C1(C)C2. The molecular weight excluding hydrogens is 546 g/mol. The quantitative estimate of drug-likeness (QED) is 0.311. The van der Waals surface area contributed by atoms with Crippen LogP contribution >= 0.6 is 11.8 Å². The van der Waals surface area contributed by atoms with Gasteiger partial charge in [0.25, 0.3) is 0 Å². The molecular formula is C33H37N5O3S. The number of fused-ring (bicyclic) bond motifs is 7. The van der Waals surface area contributed by atoms with Gasteiger partial charge in [-0.2, -0.15) is 5.10 Å². The van der Waals surface area contributed by atoms with E-state index in [4.69, 9.17) is 6.57 Å². The molecule has 8 nitrogen and oxygen atoms in total. The summed E-state index contributed by atoms with van der Waals surface area (Å²) in [5, 5.41) is 29.3. The van der Waals surface area contributed by atoms with E-state index in [1.54, 1.807) is 6.20 Å². The summed E-state index contributed by atoms with van der Waals surface area (Å²) < 4.78 is 1.95. The molecule has 42 heavy (non-hydrogen) atoms. The van der Waals surface area contributed by atoms with Crippen molar-refractivity contribution < 1.29 is 15.0 Å². The second kappa shape index (κ2) is 10.0. The lowest BCUT2D eigenvalue weighted by Crippen LogP contribution is -2.62. The molecule has 7 rings (SSSR count). The Bertz CT molecular complexity index is 1650. The first-order valence-electron chi connectivity index (χ1n) is 15.1. The van der Waals surface area contributed by atoms with E-state index in [0.29, 0.717) is 31.0 Å². The first kappa shape index (κ1) is 27.8. The van der Waals surface area contributed by atoms with Crippen molar-refractivity contribution in [2.75, 3.05) is 12.3 Å². The Morgan fingerprint density at radius 1 is 1.21 bits per heavy atom. The van der Waals surface area contributed by atoms with Crippen molar-refractivity contribution in [3.8, 4) is 0 Å². The summed E-state index contributed by atoms with van der Waals surface area (Å²) in [6.07, 6.45) is 9.64. The number of benzene rings is 1. The van der Waals surface area contributed by atoms with Gasteiger partial charge in [0.1, 0.15) is 17.2 Å². The van der Waals surface area contributed by atoms with Crippen molar-refractivity contribution in [1.29, 1.82) is 0 Å². The van der Waals surface area contributed by atoms with Crippen LogP contribution in [0, 0.1) is 35.2 Å². The predicted octanol–water partition coefficient (Wildman–Crippen LogP) is 4.99. The van der Waals surface area contributed by atoms with E-state index in [1.807, 2.05) is 35.1 Å². The second-order valence-corrected chi connectivity index (χ2v) is 14.3. The number of allylic oxidation sites excluding steroid dienone is 1. The predicted molar refractivity (Wildman–Crippen MR) is 161 cm³/mol. The van der Waals surface area contributed by atoms with E-state index >= 15 is 0 Å². The summed E-state index contributed by atoms with van der Waals surface area (Å²) in [7, 11) is 0. The first-order valence-corrected chi connectivity index (χ1v) is 16.0. The van der Waals surface area contributed by atoms with Gasteiger partial charge < -0.3 is 15.1 Å². The molecule has 0 spiro atoms. The smallest absolute Gasteiger partial charge is 0.234 e. The largest absolute Gasteiger partial charge is 0.393 e. The highest BCUT2D eigenvalue weighted by Gasteiger charge is 2.68. The molecule has 0 amide bonds. The molecule has 4 aliphatic carbocycles. The third-order valence-corrected chi connectivity index (χ3v) is 12.2. The minimum atomic E-state index is -1.47. The molecule has 5 unspecified atom stereocenters. The summed E-state index contributed by atoms with van der Waals surface area (Å²) >= 11 is 1.33. The molecule has 2 N–H and O–H groups in total. The minimum absolute atomic E-state index is 0.0648. The number of carbonyl (C=O) groups excluding carboxylic acids is 1. The third kappa shape index (κ3) is 4.02. The maximum Gasteiger partial charge on any atom is 0.234 e. The van der Waals surface area contributed by atoms with Gasteiger partial charge in [0.2, 0.25) is 6.54 Å². The van der Waals surface area contributed by atoms with Crippen LogP contribution in [0.5, 0.6) is 0 Å². The average molecular weight is 584 g/mol. The van der Waals surface area contributed by atoms with Crippen molar-refractivity contribution in [1.82, 2.24) is 19.7 Å². The van der Waals surface area contributed by atoms with Crippen LogP contribution in [-0.4, -0.2) is 59.7 Å². The van der Waals surface area contributed by atoms with Crippen LogP contribution in [0.1, 0.15) is 57.2 Å². The monoisotopic (exact) mass is 583 g/mol. The zero-order valence-corrected chi connectivity index (χ0v) is 25.0. The van der Waals surface area contributed by atoms with E-state index in [-0.39, 0.29) is 34.7 Å². The molecule has 0 aliphatic heterocycles. The van der Waals surface area contributed by atoms with Crippen LogP contribution < -0.4 is 0 Å². The van der Waals surface area contributed by atoms with Crippen LogP contribution in [-0.2, 0) is 17.8 Å². The molecule has 218 valence electrons. The maximum atomic E-state index is 13.8. The highest BCUT2D eigenvalue weighted by molar-refractivity contribution is 7.99. The van der Waals surface area contributed by atoms with Crippen molar-refractivity contribution in [3.63, 3.8) is 0 Å². The van der Waals surface area contributed by atoms with Crippen molar-refractivity contribution in [2.45, 2.75) is 75.6 Å². The van der Waals surface area contributed by atoms with E-state index < -0.39 is 17.1 Å². The minimum Gasteiger partial charge on any atom is -0.393 e. The first-order chi connectivity index (χ1) is 20.2. The topological polar surface area (TPSA) is 105 Å². The highest BCUT2D eigenvalue weighted by atomic mass is 32.2. The van der Waals surface area contributed by atoms with E-state index in [1.165, 1.54) is 22.9 Å². The fraction of sp³-hybridized carbons (Fsp3) is 0.545. The number of carbonyl (C=O) groups is 1. The number of aliphatic hydroxyl groups is 2. The van der Waals surface area contributed by atoms with Crippen LogP contribution in [0.3, 0.4) is 0 Å². The van der Waals surface area contributed by atoms with Gasteiger partial charge in [-0.15, -0.1) is 0 Å². The molecule has 2 heterocycles. The Morgan fingerprint density at radius 2 is 2.02 bits per heavy atom. The standard InChI is InChI=1S/C33H37N5O3S/c1-31-15-20-17-36-38(13-12-34-3)26(20)14-21(31)8-9-22-23-10-11-33(41,32(23,2)16-27(39)30(22)31)28(40)19-42-29-18-35-24-6-4-5-7-25(24)37-29/h4-7,14,17-18,22-23,27,30,39,41H,8-13,15-16,19H2,1-2H3/t22?,23?,27-,30?,31?,32?,33-/m0/s1. The van der Waals surface area contributed by atoms with Gasteiger partial charge >= 0.3 is 0 Å². The summed E-state index contributed by atoms with van der Waals surface area (Å²) in [5.41, 5.74) is 2.90. The number of hydrogen-bond acceptors (Lipinski definition) is 7. The van der Waals surface area contributed by atoms with E-state index in [9.17, 15) is 15.0 Å². The molecule has 0 saturated heterocycles. The Morgan fingerprint density at radius 3 is 2.83 bits per heavy atom. The van der Waals surface area contributed by atoms with Crippen molar-refractivity contribution in [2.24, 2.45) is 28.6 Å². The van der Waals surface area contributed by atoms with E-state index in [2.05, 4.69) is 39.8 Å². The summed E-state index contributed by atoms with van der Waals surface area (Å²) in [6, 6.07) is 7.66. The van der Waals surface area contributed by atoms with Gasteiger partial charge in [0.05, 0.1) is 41.0 Å². The fourth-order valence-electron chi connectivity index (χ4n) is 9.29. The fourth-order valence-corrected chi connectivity index (χ4v) is 10.1. The average Bonchev–Trinajstić information content (AvgIpc) is 3.49. The number of ketones is 1. The number of hydrogen-bond donors (Lipinski definition) is 2. The maximum absolute atomic E-state index is 13.8. The van der Waals surface area contributed by atoms with Crippen LogP contribution in [0.25, 0.3) is 22.0 Å². The van der Waals surface area contributed by atoms with Gasteiger partial charge in [-0.1, -0.05) is 43.3 Å². The molecule has 1 aromatic carbocycles. The second-order valence-electron chi connectivity index (χ2n) is 13.3. The van der Waals surface area contributed by atoms with Gasteiger partial charge in [-0.25, -0.2) is 11.6 Å². The number of rotatable bonds is 6. The Balaban J connectivity index is 1.12. The number of Topliss-reactive ketones (excluding diaryl/α,β-unsaturated/α-hetero) is 1. The lowest BCUT2D eigenvalue weighted by molar-refractivity contribution is -0.177. The highest BCUT2D eigenvalue weighted by Crippen LogP contribution is 2.67. The lowest BCUT2D eigenvalue weighted by Gasteiger charge is -2.60. The molecule has 0 bridgehead atoms. The summed E-state index contributed by atoms with van der Waals surface area (Å²) in [4.78, 5) is 26.4. The molecule has 9 heteroatoms. The number of thioether (sulfide) groups is 1. The van der Waals surface area contributed by atoms with Crippen LogP contribution in [0.2, 0.25) is 0 Å². The normalized spacial score (nSPS) is 35.0. The number of nitrogens with zero attached hydrogens (tertiary/aromatic N) is 5. The zero-order chi connectivity index (χ0) is 29.3. The molecule has 2 aromatic heterocycles. The molecule has 3 fully saturated rings.